The van der Waals surface area contributed by atoms with Crippen LogP contribution in [-0.4, -0.2) is 31.1 Å². The van der Waals surface area contributed by atoms with Crippen molar-refractivity contribution >= 4 is 28.3 Å². The lowest BCUT2D eigenvalue weighted by Gasteiger charge is -1.93. The number of fused-ring (bicyclic) bond motifs is 1. The topological polar surface area (TPSA) is 80.9 Å². The Morgan fingerprint density at radius 2 is 1.85 bits per heavy atom. The number of nitrogens with zero attached hydrogens (tertiary/aromatic N) is 4. The van der Waals surface area contributed by atoms with Crippen molar-refractivity contribution in [1.82, 2.24) is 20.0 Å². The maximum absolute atomic E-state index is 13.0. The first-order valence-electron chi connectivity index (χ1n) is 5.40. The van der Waals surface area contributed by atoms with E-state index in [1.807, 2.05) is 0 Å². The maximum atomic E-state index is 13.0. The number of carbonyl (C=O) groups is 1. The molecule has 0 aliphatic carbocycles. The highest BCUT2D eigenvalue weighted by molar-refractivity contribution is 7.09. The first-order valence-corrected chi connectivity index (χ1v) is 6.28. The van der Waals surface area contributed by atoms with Crippen LogP contribution in [-0.2, 0) is 6.54 Å². The molecule has 0 saturated carbocycles. The van der Waals surface area contributed by atoms with E-state index >= 15 is 0 Å². The number of hydrogen-bond acceptors (Lipinski definition) is 5. The number of carboxylic acid groups (broad SMARTS) is 1. The van der Waals surface area contributed by atoms with E-state index in [-0.39, 0.29) is 23.3 Å². The zero-order valence-corrected chi connectivity index (χ0v) is 10.6. The number of aromatic nitrogens is 4. The molecule has 1 aromatic carbocycles. The van der Waals surface area contributed by atoms with Crippen LogP contribution in [0.15, 0.2) is 17.5 Å². The summed E-state index contributed by atoms with van der Waals surface area (Å²) in [5.74, 6) is -3.10. The number of rotatable bonds is 3. The summed E-state index contributed by atoms with van der Waals surface area (Å²) >= 11 is 1.15. The van der Waals surface area contributed by atoms with Crippen LogP contribution in [0.1, 0.15) is 15.5 Å². The first kappa shape index (κ1) is 12.6. The molecule has 20 heavy (non-hydrogen) atoms. The van der Waals surface area contributed by atoms with Gasteiger partial charge in [-0.1, -0.05) is 0 Å². The van der Waals surface area contributed by atoms with E-state index in [0.717, 1.165) is 23.5 Å². The van der Waals surface area contributed by atoms with Gasteiger partial charge >= 0.3 is 5.97 Å². The van der Waals surface area contributed by atoms with Crippen LogP contribution in [0.25, 0.3) is 11.0 Å². The second kappa shape index (κ2) is 4.60. The van der Waals surface area contributed by atoms with Crippen LogP contribution < -0.4 is 0 Å². The van der Waals surface area contributed by atoms with Crippen LogP contribution in [0, 0.1) is 11.6 Å². The van der Waals surface area contributed by atoms with Gasteiger partial charge in [-0.2, -0.15) is 15.0 Å². The minimum Gasteiger partial charge on any atom is -0.476 e. The summed E-state index contributed by atoms with van der Waals surface area (Å²) in [6.07, 6.45) is 0. The number of thiazole rings is 1. The summed E-state index contributed by atoms with van der Waals surface area (Å²) < 4.78 is 26.1. The number of hydrogen-bond donors (Lipinski definition) is 1. The third-order valence-corrected chi connectivity index (χ3v) is 3.34. The second-order valence-corrected chi connectivity index (χ2v) is 4.86. The van der Waals surface area contributed by atoms with Crippen molar-refractivity contribution < 1.29 is 18.7 Å². The summed E-state index contributed by atoms with van der Waals surface area (Å²) in [6.45, 7) is 0.135. The van der Waals surface area contributed by atoms with E-state index in [1.54, 1.807) is 0 Å². The molecule has 2 heterocycles. The van der Waals surface area contributed by atoms with Gasteiger partial charge in [-0.05, 0) is 0 Å². The van der Waals surface area contributed by atoms with E-state index in [2.05, 4.69) is 15.2 Å². The molecule has 3 rings (SSSR count). The minimum atomic E-state index is -1.12. The van der Waals surface area contributed by atoms with E-state index < -0.39 is 17.6 Å². The van der Waals surface area contributed by atoms with Crippen molar-refractivity contribution in [2.45, 2.75) is 6.54 Å². The van der Waals surface area contributed by atoms with E-state index in [1.165, 1.54) is 10.2 Å². The van der Waals surface area contributed by atoms with E-state index in [0.29, 0.717) is 5.01 Å². The first-order chi connectivity index (χ1) is 9.52. The highest BCUT2D eigenvalue weighted by Crippen LogP contribution is 2.16. The summed E-state index contributed by atoms with van der Waals surface area (Å²) in [5.41, 5.74) is 0.386. The Morgan fingerprint density at radius 1 is 1.25 bits per heavy atom. The van der Waals surface area contributed by atoms with Crippen molar-refractivity contribution in [2.75, 3.05) is 0 Å². The van der Waals surface area contributed by atoms with Gasteiger partial charge in [0.25, 0.3) is 0 Å². The molecule has 0 fully saturated rings. The molecule has 2 aromatic heterocycles. The van der Waals surface area contributed by atoms with Crippen molar-refractivity contribution in [1.29, 1.82) is 0 Å². The molecule has 3 aromatic rings. The highest BCUT2D eigenvalue weighted by atomic mass is 32.1. The number of halogens is 2. The van der Waals surface area contributed by atoms with Gasteiger partial charge in [-0.3, -0.25) is 0 Å². The summed E-state index contributed by atoms with van der Waals surface area (Å²) in [7, 11) is 0. The average Bonchev–Trinajstić information content (AvgIpc) is 2.97. The standard InChI is InChI=1S/C11H6F2N4O2S/c12-5-1-7-8(2-6(5)13)16-17(15-7)3-10-14-9(4-20-10)11(18)19/h1-2,4H,3H2,(H,18,19). The number of aromatic carboxylic acids is 1. The molecule has 0 amide bonds. The Hall–Kier alpha value is -2.42. The quantitative estimate of drug-likeness (QED) is 0.798. The lowest BCUT2D eigenvalue weighted by atomic mass is 10.3. The molecule has 0 aliphatic heterocycles. The van der Waals surface area contributed by atoms with Gasteiger partial charge in [-0.15, -0.1) is 11.3 Å². The Labute approximate surface area is 114 Å². The highest BCUT2D eigenvalue weighted by Gasteiger charge is 2.12. The molecular weight excluding hydrogens is 290 g/mol. The molecule has 0 aliphatic rings. The lowest BCUT2D eigenvalue weighted by Crippen LogP contribution is -2.04. The van der Waals surface area contributed by atoms with Crippen molar-refractivity contribution in [3.63, 3.8) is 0 Å². The summed E-state index contributed by atoms with van der Waals surface area (Å²) in [5, 5.41) is 18.6. The van der Waals surface area contributed by atoms with Crippen molar-refractivity contribution in [3.05, 3.63) is 39.8 Å². The molecule has 0 spiro atoms. The molecule has 0 saturated heterocycles. The fourth-order valence-electron chi connectivity index (χ4n) is 1.63. The predicted octanol–water partition coefficient (Wildman–Crippen LogP) is 1.91. The summed E-state index contributed by atoms with van der Waals surface area (Å²) in [6, 6.07) is 1.91. The molecule has 1 N–H and O–H groups in total. The van der Waals surface area contributed by atoms with E-state index in [4.69, 9.17) is 5.11 Å². The van der Waals surface area contributed by atoms with Crippen LogP contribution in [0.5, 0.6) is 0 Å². The predicted molar refractivity (Wildman–Crippen MR) is 65.6 cm³/mol. The van der Waals surface area contributed by atoms with Crippen molar-refractivity contribution in [3.8, 4) is 0 Å². The van der Waals surface area contributed by atoms with Crippen LogP contribution in [0.2, 0.25) is 0 Å². The molecular formula is C11H6F2N4O2S. The molecule has 0 bridgehead atoms. The lowest BCUT2D eigenvalue weighted by molar-refractivity contribution is 0.0691. The minimum absolute atomic E-state index is 0.0567. The van der Waals surface area contributed by atoms with Gasteiger partial charge in [-0.25, -0.2) is 18.6 Å². The molecule has 0 unspecified atom stereocenters. The third kappa shape index (κ3) is 2.23. The second-order valence-electron chi connectivity index (χ2n) is 3.92. The zero-order chi connectivity index (χ0) is 14.3. The Balaban J connectivity index is 1.92. The molecule has 0 atom stereocenters. The van der Waals surface area contributed by atoms with Gasteiger partial charge in [0.05, 0.1) is 0 Å². The molecule has 0 radical (unpaired) electrons. The van der Waals surface area contributed by atoms with Crippen molar-refractivity contribution in [2.24, 2.45) is 0 Å². The molecule has 6 nitrogen and oxygen atoms in total. The van der Waals surface area contributed by atoms with Crippen LogP contribution in [0.3, 0.4) is 0 Å². The third-order valence-electron chi connectivity index (χ3n) is 2.51. The fraction of sp³-hybridized carbons (Fsp3) is 0.0909. The Kier molecular flexibility index (Phi) is 2.90. The van der Waals surface area contributed by atoms with Crippen LogP contribution >= 0.6 is 11.3 Å². The van der Waals surface area contributed by atoms with Gasteiger partial charge in [0.1, 0.15) is 22.6 Å². The van der Waals surface area contributed by atoms with E-state index in [9.17, 15) is 13.6 Å². The van der Waals surface area contributed by atoms with Gasteiger partial charge in [0.15, 0.2) is 17.3 Å². The number of carboxylic acids is 1. The monoisotopic (exact) mass is 296 g/mol. The smallest absolute Gasteiger partial charge is 0.355 e. The van der Waals surface area contributed by atoms with Gasteiger partial charge < -0.3 is 5.11 Å². The normalized spacial score (nSPS) is 11.1. The number of benzene rings is 1. The Bertz CT molecular complexity index is 775. The summed E-state index contributed by atoms with van der Waals surface area (Å²) in [4.78, 5) is 15.8. The molecule has 9 heteroatoms. The average molecular weight is 296 g/mol. The fourth-order valence-corrected chi connectivity index (χ4v) is 2.37. The maximum Gasteiger partial charge on any atom is 0.355 e. The largest absolute Gasteiger partial charge is 0.476 e. The van der Waals surface area contributed by atoms with Gasteiger partial charge in [0.2, 0.25) is 0 Å². The Morgan fingerprint density at radius 3 is 2.35 bits per heavy atom. The molecule has 102 valence electrons. The van der Waals surface area contributed by atoms with Crippen LogP contribution in [0.4, 0.5) is 8.78 Å². The zero-order valence-electron chi connectivity index (χ0n) is 9.75. The SMILES string of the molecule is O=C(O)c1csc(Cn2nc3cc(F)c(F)cc3n2)n1. The van der Waals surface area contributed by atoms with Gasteiger partial charge in [0, 0.05) is 17.5 Å².